The van der Waals surface area contributed by atoms with Gasteiger partial charge in [-0.1, -0.05) is 56.0 Å². The van der Waals surface area contributed by atoms with Gasteiger partial charge in [0, 0.05) is 5.92 Å². The molecular weight excluding hydrogens is 441 g/mol. The van der Waals surface area contributed by atoms with Gasteiger partial charge in [-0.2, -0.15) is 0 Å². The second-order valence-electron chi connectivity index (χ2n) is 8.17. The maximum absolute atomic E-state index is 14.5. The molecule has 1 saturated heterocycles. The predicted octanol–water partition coefficient (Wildman–Crippen LogP) is 2.73. The Morgan fingerprint density at radius 3 is 2.18 bits per heavy atom. The molecule has 8 heteroatoms. The zero-order chi connectivity index (χ0) is 23.8. The van der Waals surface area contributed by atoms with Crippen molar-refractivity contribution in [1.82, 2.24) is 4.90 Å². The van der Waals surface area contributed by atoms with E-state index in [1.807, 2.05) is 12.1 Å². The van der Waals surface area contributed by atoms with Gasteiger partial charge in [-0.3, -0.25) is 14.3 Å². The summed E-state index contributed by atoms with van der Waals surface area (Å²) in [4.78, 5) is 27.1. The van der Waals surface area contributed by atoms with Crippen molar-refractivity contribution in [2.24, 2.45) is 11.8 Å². The highest BCUT2D eigenvalue weighted by molar-refractivity contribution is 7.74. The molecule has 2 heterocycles. The summed E-state index contributed by atoms with van der Waals surface area (Å²) < 4.78 is 26.0. The topological polar surface area (TPSA) is 93.1 Å². The van der Waals surface area contributed by atoms with E-state index in [2.05, 4.69) is 6.58 Å². The van der Waals surface area contributed by atoms with Crippen LogP contribution in [-0.4, -0.2) is 40.6 Å². The van der Waals surface area contributed by atoms with Crippen molar-refractivity contribution in [3.8, 4) is 0 Å². The lowest BCUT2D eigenvalue weighted by atomic mass is 9.79. The first-order valence-electron chi connectivity index (χ1n) is 10.8. The summed E-state index contributed by atoms with van der Waals surface area (Å²) in [7, 11) is -3.69. The lowest BCUT2D eigenvalue weighted by Gasteiger charge is -2.46. The number of nitrogens with zero attached hydrogens (tertiary/aromatic N) is 1. The van der Waals surface area contributed by atoms with Crippen molar-refractivity contribution in [1.29, 1.82) is 0 Å². The fourth-order valence-corrected chi connectivity index (χ4v) is 6.64. The summed E-state index contributed by atoms with van der Waals surface area (Å²) in [6.45, 7) is 6.83. The molecule has 2 aliphatic heterocycles. The molecule has 0 saturated carbocycles. The van der Waals surface area contributed by atoms with Crippen LogP contribution in [0.5, 0.6) is 0 Å². The van der Waals surface area contributed by atoms with Crippen molar-refractivity contribution in [2.45, 2.75) is 26.0 Å². The van der Waals surface area contributed by atoms with Crippen LogP contribution in [-0.2, 0) is 23.4 Å². The minimum Gasteiger partial charge on any atom is -0.457 e. The fourth-order valence-electron chi connectivity index (χ4n) is 4.48. The number of aliphatic hydroxyl groups excluding tert-OH is 1. The van der Waals surface area contributed by atoms with Crippen LogP contribution in [0, 0.1) is 11.8 Å². The number of ether oxygens (including phenoxy) is 1. The number of carbonyl (C=O) groups is 2. The van der Waals surface area contributed by atoms with Gasteiger partial charge < -0.3 is 14.4 Å². The zero-order valence-electron chi connectivity index (χ0n) is 18.5. The van der Waals surface area contributed by atoms with Crippen LogP contribution in [0.1, 0.15) is 13.8 Å². The van der Waals surface area contributed by atoms with Crippen molar-refractivity contribution < 1.29 is 28.5 Å². The number of benzene rings is 2. The van der Waals surface area contributed by atoms with Gasteiger partial charge in [-0.15, -0.1) is 0 Å². The van der Waals surface area contributed by atoms with Gasteiger partial charge in [-0.25, -0.2) is 4.79 Å². The summed E-state index contributed by atoms with van der Waals surface area (Å²) >= 11 is 0. The second kappa shape index (κ2) is 9.00. The normalized spacial score (nSPS) is 22.9. The highest BCUT2D eigenvalue weighted by atomic mass is 31.2. The number of amides is 1. The summed E-state index contributed by atoms with van der Waals surface area (Å²) in [5.74, 6) is -2.18. The highest BCUT2D eigenvalue weighted by Gasteiger charge is 2.61. The molecule has 2 aromatic carbocycles. The van der Waals surface area contributed by atoms with Crippen LogP contribution in [0.4, 0.5) is 0 Å². The van der Waals surface area contributed by atoms with E-state index in [0.717, 1.165) is 0 Å². The summed E-state index contributed by atoms with van der Waals surface area (Å²) in [5.41, 5.74) is -0.0664. The molecule has 2 aromatic rings. The largest absolute Gasteiger partial charge is 0.457 e. The van der Waals surface area contributed by atoms with Gasteiger partial charge in [-0.05, 0) is 31.2 Å². The van der Waals surface area contributed by atoms with Gasteiger partial charge in [0.25, 0.3) is 0 Å². The lowest BCUT2D eigenvalue weighted by Crippen LogP contribution is -2.63. The molecule has 0 unspecified atom stereocenters. The molecular formula is C25H26NO6P. The molecule has 0 aliphatic carbocycles. The minimum absolute atomic E-state index is 0.0500. The van der Waals surface area contributed by atoms with Gasteiger partial charge in [0.2, 0.25) is 5.91 Å². The number of fused-ring (bicyclic) bond motifs is 1. The molecule has 4 atom stereocenters. The average molecular weight is 467 g/mol. The first-order chi connectivity index (χ1) is 15.8. The number of esters is 1. The van der Waals surface area contributed by atoms with E-state index in [9.17, 15) is 19.3 Å². The molecule has 172 valence electrons. The quantitative estimate of drug-likeness (QED) is 0.278. The number of carbonyl (C=O) groups excluding carboxylic acids is 2. The molecule has 0 radical (unpaired) electrons. The second-order valence-corrected chi connectivity index (χ2v) is 10.5. The van der Waals surface area contributed by atoms with Gasteiger partial charge in [0.05, 0.1) is 28.7 Å². The molecule has 4 rings (SSSR count). The first-order valence-corrected chi connectivity index (χ1v) is 12.4. The molecule has 0 bridgehead atoms. The van der Waals surface area contributed by atoms with Crippen LogP contribution >= 0.6 is 7.37 Å². The highest BCUT2D eigenvalue weighted by Crippen LogP contribution is 2.55. The fraction of sp³-hybridized carbons (Fsp3) is 0.280. The molecule has 1 N–H and O–H groups in total. The average Bonchev–Trinajstić information content (AvgIpc) is 3.06. The Morgan fingerprint density at radius 1 is 1.15 bits per heavy atom. The van der Waals surface area contributed by atoms with Crippen molar-refractivity contribution in [2.75, 3.05) is 6.61 Å². The van der Waals surface area contributed by atoms with E-state index < -0.39 is 37.3 Å². The molecule has 1 amide bonds. The third kappa shape index (κ3) is 3.81. The van der Waals surface area contributed by atoms with Crippen LogP contribution < -0.4 is 10.6 Å². The van der Waals surface area contributed by atoms with Gasteiger partial charge >= 0.3 is 13.3 Å². The number of aliphatic hydroxyl groups is 1. The summed E-state index contributed by atoms with van der Waals surface area (Å²) in [6.07, 6.45) is 0.519. The number of hydrogen-bond donors (Lipinski definition) is 1. The van der Waals surface area contributed by atoms with Crippen molar-refractivity contribution in [3.63, 3.8) is 0 Å². The third-order valence-electron chi connectivity index (χ3n) is 6.05. The van der Waals surface area contributed by atoms with Crippen LogP contribution in [0.3, 0.4) is 0 Å². The Hall–Kier alpha value is -3.15. The first kappa shape index (κ1) is 23.0. The molecule has 1 fully saturated rings. The van der Waals surface area contributed by atoms with E-state index in [0.29, 0.717) is 10.6 Å². The van der Waals surface area contributed by atoms with Crippen molar-refractivity contribution >= 4 is 29.9 Å². The molecule has 33 heavy (non-hydrogen) atoms. The molecule has 0 spiro atoms. The molecule has 7 nitrogen and oxygen atoms in total. The van der Waals surface area contributed by atoms with E-state index >= 15 is 0 Å². The smallest absolute Gasteiger partial charge is 0.358 e. The Kier molecular flexibility index (Phi) is 6.28. The Morgan fingerprint density at radius 2 is 1.70 bits per heavy atom. The standard InChI is InChI=1S/C25H26NO6P/c1-4-15-31-25(29)22-23(16(2)21-20(17(3)27)24(28)26(21)22)32-33(30,18-11-7-5-8-12-18)19-13-9-6-10-14-19/h4-14,16-17,20-21,27H,1,15H2,2-3H3/t16-,17-,20-,21+/m1/s1. The van der Waals surface area contributed by atoms with Gasteiger partial charge in [0.1, 0.15) is 12.4 Å². The number of hydrogen-bond acceptors (Lipinski definition) is 6. The number of rotatable bonds is 8. The zero-order valence-corrected chi connectivity index (χ0v) is 19.4. The van der Waals surface area contributed by atoms with E-state index in [1.54, 1.807) is 62.4 Å². The van der Waals surface area contributed by atoms with Crippen LogP contribution in [0.15, 0.2) is 84.8 Å². The maximum atomic E-state index is 14.5. The lowest BCUT2D eigenvalue weighted by molar-refractivity contribution is -0.164. The Labute approximate surface area is 192 Å². The summed E-state index contributed by atoms with van der Waals surface area (Å²) in [6, 6.07) is 17.0. The third-order valence-corrected chi connectivity index (χ3v) is 8.46. The number of β-lactam (4-membered cyclic amide) rings is 1. The predicted molar refractivity (Wildman–Crippen MR) is 124 cm³/mol. The SMILES string of the molecule is C=CCOC(=O)C1=C(OP(=O)(c2ccccc2)c2ccccc2)[C@H](C)[C@H]2[C@@H]([C@@H](C)O)C(=O)N12. The minimum atomic E-state index is -3.69. The Bertz CT molecular complexity index is 1100. The van der Waals surface area contributed by atoms with E-state index in [-0.39, 0.29) is 24.0 Å². The molecule has 2 aliphatic rings. The van der Waals surface area contributed by atoms with E-state index in [1.165, 1.54) is 11.0 Å². The summed E-state index contributed by atoms with van der Waals surface area (Å²) in [5, 5.41) is 11.1. The Balaban J connectivity index is 1.84. The maximum Gasteiger partial charge on any atom is 0.358 e. The van der Waals surface area contributed by atoms with E-state index in [4.69, 9.17) is 9.26 Å². The van der Waals surface area contributed by atoms with Crippen LogP contribution in [0.2, 0.25) is 0 Å². The van der Waals surface area contributed by atoms with Crippen LogP contribution in [0.25, 0.3) is 0 Å². The van der Waals surface area contributed by atoms with Gasteiger partial charge in [0.15, 0.2) is 5.70 Å². The molecule has 0 aromatic heterocycles. The monoisotopic (exact) mass is 467 g/mol. The van der Waals surface area contributed by atoms with Crippen molar-refractivity contribution in [3.05, 3.63) is 84.8 Å².